The number of hydrazone groups is 1. The predicted molar refractivity (Wildman–Crippen MR) is 75.2 cm³/mol. The zero-order chi connectivity index (χ0) is 14.7. The van der Waals surface area contributed by atoms with Crippen LogP contribution in [0.3, 0.4) is 0 Å². The number of nitriles is 1. The number of rotatable bonds is 3. The monoisotopic (exact) mass is 292 g/mol. The van der Waals surface area contributed by atoms with Crippen LogP contribution in [0.2, 0.25) is 5.02 Å². The average Bonchev–Trinajstić information content (AvgIpc) is 2.45. The fourth-order valence-electron chi connectivity index (χ4n) is 1.81. The Kier molecular flexibility index (Phi) is 4.23. The molecular weight excluding hydrogens is 280 g/mol. The Hall–Kier alpha value is -2.10. The molecule has 1 amide bonds. The van der Waals surface area contributed by atoms with Crippen molar-refractivity contribution < 1.29 is 9.53 Å². The summed E-state index contributed by atoms with van der Waals surface area (Å²) in [5.41, 5.74) is 0.498. The van der Waals surface area contributed by atoms with Crippen molar-refractivity contribution in [2.24, 2.45) is 5.10 Å². The van der Waals surface area contributed by atoms with Gasteiger partial charge in [0.1, 0.15) is 6.07 Å². The van der Waals surface area contributed by atoms with E-state index in [-0.39, 0.29) is 5.71 Å². The van der Waals surface area contributed by atoms with Crippen molar-refractivity contribution in [3.8, 4) is 6.07 Å². The van der Waals surface area contributed by atoms with Gasteiger partial charge in [-0.3, -0.25) is 9.69 Å². The third-order valence-corrected chi connectivity index (χ3v) is 3.04. The highest BCUT2D eigenvalue weighted by Crippen LogP contribution is 2.24. The molecule has 1 aliphatic heterocycles. The molecule has 0 saturated carbocycles. The third-order valence-electron chi connectivity index (χ3n) is 2.78. The van der Waals surface area contributed by atoms with Gasteiger partial charge in [-0.25, -0.2) is 5.01 Å². The van der Waals surface area contributed by atoms with Gasteiger partial charge in [-0.05, 0) is 31.2 Å². The molecule has 1 aliphatic rings. The van der Waals surface area contributed by atoms with E-state index >= 15 is 0 Å². The van der Waals surface area contributed by atoms with Gasteiger partial charge in [0.15, 0.2) is 0 Å². The number of carbonyl (C=O) groups is 1. The molecule has 20 heavy (non-hydrogen) atoms. The molecule has 0 spiro atoms. The minimum absolute atomic E-state index is 0.182. The molecule has 0 aromatic heterocycles. The van der Waals surface area contributed by atoms with Crippen LogP contribution in [0.15, 0.2) is 29.4 Å². The first-order valence-electron chi connectivity index (χ1n) is 6.00. The van der Waals surface area contributed by atoms with Crippen LogP contribution >= 0.6 is 11.6 Å². The average molecular weight is 293 g/mol. The number of nitrogens with zero attached hydrogens (tertiary/aromatic N) is 4. The van der Waals surface area contributed by atoms with Crippen LogP contribution in [-0.4, -0.2) is 36.5 Å². The quantitative estimate of drug-likeness (QED) is 0.852. The van der Waals surface area contributed by atoms with Crippen LogP contribution in [0.4, 0.5) is 5.69 Å². The molecule has 6 nitrogen and oxygen atoms in total. The Bertz CT molecular complexity index is 579. The van der Waals surface area contributed by atoms with Gasteiger partial charge in [0.05, 0.1) is 5.69 Å². The van der Waals surface area contributed by atoms with E-state index in [2.05, 4.69) is 5.10 Å². The molecular formula is C13H13ClN4O2. The standard InChI is InChI=1S/C13H13ClN4O2/c1-3-20-13-17(2)12(19)11(8-15)16-18(13)10-6-4-9(14)5-7-10/h4-7,13H,3H2,1-2H3. The highest BCUT2D eigenvalue weighted by Gasteiger charge is 2.35. The lowest BCUT2D eigenvalue weighted by molar-refractivity contribution is -0.137. The highest BCUT2D eigenvalue weighted by atomic mass is 35.5. The number of carbonyl (C=O) groups excluding carboxylic acids is 1. The molecule has 1 aromatic carbocycles. The van der Waals surface area contributed by atoms with Gasteiger partial charge in [-0.1, -0.05) is 11.6 Å². The number of hydrogen-bond acceptors (Lipinski definition) is 5. The molecule has 0 N–H and O–H groups in total. The van der Waals surface area contributed by atoms with Gasteiger partial charge in [0, 0.05) is 18.7 Å². The summed E-state index contributed by atoms with van der Waals surface area (Å²) < 4.78 is 5.54. The summed E-state index contributed by atoms with van der Waals surface area (Å²) in [6.45, 7) is 2.23. The number of anilines is 1. The maximum atomic E-state index is 11.9. The first kappa shape index (κ1) is 14.3. The zero-order valence-corrected chi connectivity index (χ0v) is 11.8. The molecule has 104 valence electrons. The van der Waals surface area contributed by atoms with Gasteiger partial charge < -0.3 is 4.74 Å². The Morgan fingerprint density at radius 3 is 2.65 bits per heavy atom. The second-order valence-electron chi connectivity index (χ2n) is 4.08. The van der Waals surface area contributed by atoms with E-state index in [1.54, 1.807) is 37.4 Å². The third kappa shape index (κ3) is 2.59. The van der Waals surface area contributed by atoms with E-state index in [1.807, 2.05) is 6.92 Å². The van der Waals surface area contributed by atoms with Crippen LogP contribution in [0.1, 0.15) is 6.92 Å². The van der Waals surface area contributed by atoms with Gasteiger partial charge in [-0.2, -0.15) is 10.4 Å². The van der Waals surface area contributed by atoms with Crippen molar-refractivity contribution in [1.29, 1.82) is 5.26 Å². The first-order valence-corrected chi connectivity index (χ1v) is 6.38. The summed E-state index contributed by atoms with van der Waals surface area (Å²) >= 11 is 5.85. The van der Waals surface area contributed by atoms with Crippen molar-refractivity contribution in [1.82, 2.24) is 4.90 Å². The minimum Gasteiger partial charge on any atom is -0.339 e. The fourth-order valence-corrected chi connectivity index (χ4v) is 1.94. The van der Waals surface area contributed by atoms with E-state index in [0.717, 1.165) is 0 Å². The molecule has 1 unspecified atom stereocenters. The molecule has 1 atom stereocenters. The predicted octanol–water partition coefficient (Wildman–Crippen LogP) is 1.82. The van der Waals surface area contributed by atoms with E-state index in [0.29, 0.717) is 17.3 Å². The topological polar surface area (TPSA) is 68.9 Å². The minimum atomic E-state index is -0.689. The number of ether oxygens (including phenoxy) is 1. The summed E-state index contributed by atoms with van der Waals surface area (Å²) in [7, 11) is 1.57. The molecule has 0 fully saturated rings. The van der Waals surface area contributed by atoms with E-state index in [4.69, 9.17) is 21.6 Å². The van der Waals surface area contributed by atoms with Gasteiger partial charge in [0.25, 0.3) is 5.91 Å². The maximum absolute atomic E-state index is 11.9. The summed E-state index contributed by atoms with van der Waals surface area (Å²) in [6, 6.07) is 8.70. The Morgan fingerprint density at radius 2 is 2.10 bits per heavy atom. The summed E-state index contributed by atoms with van der Waals surface area (Å²) in [5.74, 6) is -0.462. The molecule has 7 heteroatoms. The molecule has 0 aliphatic carbocycles. The lowest BCUT2D eigenvalue weighted by atomic mass is 10.3. The Morgan fingerprint density at radius 1 is 1.45 bits per heavy atom. The highest BCUT2D eigenvalue weighted by molar-refractivity contribution is 6.45. The second-order valence-corrected chi connectivity index (χ2v) is 4.52. The Labute approximate surface area is 121 Å². The smallest absolute Gasteiger partial charge is 0.288 e. The molecule has 0 saturated heterocycles. The van der Waals surface area contributed by atoms with Gasteiger partial charge in [0.2, 0.25) is 12.1 Å². The molecule has 0 bridgehead atoms. The molecule has 1 heterocycles. The molecule has 2 rings (SSSR count). The van der Waals surface area contributed by atoms with Crippen LogP contribution in [-0.2, 0) is 9.53 Å². The van der Waals surface area contributed by atoms with Crippen molar-refractivity contribution in [2.45, 2.75) is 13.3 Å². The van der Waals surface area contributed by atoms with Crippen LogP contribution in [0.5, 0.6) is 0 Å². The molecule has 1 aromatic rings. The van der Waals surface area contributed by atoms with Crippen LogP contribution < -0.4 is 5.01 Å². The summed E-state index contributed by atoms with van der Waals surface area (Å²) in [5, 5.41) is 15.1. The number of amides is 1. The Balaban J connectivity index is 2.45. The largest absolute Gasteiger partial charge is 0.339 e. The lowest BCUT2D eigenvalue weighted by Crippen LogP contribution is -2.55. The van der Waals surface area contributed by atoms with E-state index in [9.17, 15) is 4.79 Å². The van der Waals surface area contributed by atoms with E-state index in [1.165, 1.54) is 9.91 Å². The zero-order valence-electron chi connectivity index (χ0n) is 11.1. The fraction of sp³-hybridized carbons (Fsp3) is 0.308. The van der Waals surface area contributed by atoms with Crippen LogP contribution in [0, 0.1) is 11.3 Å². The summed E-state index contributed by atoms with van der Waals surface area (Å²) in [6.07, 6.45) is -0.689. The van der Waals surface area contributed by atoms with Crippen molar-refractivity contribution in [3.63, 3.8) is 0 Å². The number of hydrogen-bond donors (Lipinski definition) is 0. The van der Waals surface area contributed by atoms with Crippen molar-refractivity contribution in [3.05, 3.63) is 29.3 Å². The van der Waals surface area contributed by atoms with Crippen LogP contribution in [0.25, 0.3) is 0 Å². The normalized spacial score (nSPS) is 18.8. The molecule has 0 radical (unpaired) electrons. The maximum Gasteiger partial charge on any atom is 0.288 e. The number of benzene rings is 1. The number of halogens is 1. The summed E-state index contributed by atoms with van der Waals surface area (Å²) in [4.78, 5) is 13.3. The van der Waals surface area contributed by atoms with Crippen molar-refractivity contribution in [2.75, 3.05) is 18.7 Å². The lowest BCUT2D eigenvalue weighted by Gasteiger charge is -2.37. The van der Waals surface area contributed by atoms with Gasteiger partial charge in [-0.15, -0.1) is 0 Å². The van der Waals surface area contributed by atoms with Crippen molar-refractivity contribution >= 4 is 28.9 Å². The van der Waals surface area contributed by atoms with E-state index < -0.39 is 12.3 Å². The second kappa shape index (κ2) is 5.90. The SMILES string of the molecule is CCOC1N(C)C(=O)C(C#N)=NN1c1ccc(Cl)cc1. The first-order chi connectivity index (χ1) is 9.58. The van der Waals surface area contributed by atoms with Gasteiger partial charge >= 0.3 is 0 Å².